The molecule has 2 rings (SSSR count). The van der Waals surface area contributed by atoms with E-state index in [1.54, 1.807) is 6.07 Å². The van der Waals surface area contributed by atoms with Crippen LogP contribution in [0.3, 0.4) is 0 Å². The van der Waals surface area contributed by atoms with E-state index >= 15 is 0 Å². The summed E-state index contributed by atoms with van der Waals surface area (Å²) in [6.07, 6.45) is 3.37. The number of hydrogen-bond acceptors (Lipinski definition) is 3. The van der Waals surface area contributed by atoms with Gasteiger partial charge < -0.3 is 15.7 Å². The van der Waals surface area contributed by atoms with Gasteiger partial charge in [0.05, 0.1) is 6.10 Å². The van der Waals surface area contributed by atoms with Gasteiger partial charge in [-0.15, -0.1) is 0 Å². The first-order valence-corrected chi connectivity index (χ1v) is 7.82. The lowest BCUT2D eigenvalue weighted by molar-refractivity contribution is -0.136. The number of anilines is 1. The largest absolute Gasteiger partial charge is 0.393 e. The fourth-order valence-electron chi connectivity index (χ4n) is 2.80. The van der Waals surface area contributed by atoms with Gasteiger partial charge in [0.25, 0.3) is 0 Å². The number of carbonyl (C=O) groups is 2. The number of aliphatic hydroxyl groups excluding tert-OH is 1. The first-order chi connectivity index (χ1) is 10.5. The highest BCUT2D eigenvalue weighted by Crippen LogP contribution is 2.23. The van der Waals surface area contributed by atoms with Crippen molar-refractivity contribution in [3.63, 3.8) is 0 Å². The van der Waals surface area contributed by atoms with Crippen molar-refractivity contribution in [2.24, 2.45) is 5.92 Å². The Balaban J connectivity index is 1.87. The predicted octanol–water partition coefficient (Wildman–Crippen LogP) is 1.91. The smallest absolute Gasteiger partial charge is 0.313 e. The van der Waals surface area contributed by atoms with E-state index in [2.05, 4.69) is 10.6 Å². The molecular formula is C17H24N2O3. The van der Waals surface area contributed by atoms with E-state index in [1.165, 1.54) is 0 Å². The highest BCUT2D eigenvalue weighted by Gasteiger charge is 2.24. The van der Waals surface area contributed by atoms with Crippen molar-refractivity contribution in [2.45, 2.75) is 45.6 Å². The van der Waals surface area contributed by atoms with Crippen molar-refractivity contribution in [1.29, 1.82) is 0 Å². The molecule has 0 aliphatic heterocycles. The van der Waals surface area contributed by atoms with Gasteiger partial charge >= 0.3 is 11.8 Å². The van der Waals surface area contributed by atoms with Gasteiger partial charge in [-0.05, 0) is 43.9 Å². The van der Waals surface area contributed by atoms with Gasteiger partial charge in [-0.2, -0.15) is 0 Å². The van der Waals surface area contributed by atoms with Crippen molar-refractivity contribution in [3.8, 4) is 0 Å². The lowest BCUT2D eigenvalue weighted by atomic mass is 9.86. The summed E-state index contributed by atoms with van der Waals surface area (Å²) < 4.78 is 0. The molecule has 1 aliphatic rings. The van der Waals surface area contributed by atoms with Crippen LogP contribution in [0.25, 0.3) is 0 Å². The highest BCUT2D eigenvalue weighted by molar-refractivity contribution is 6.39. The van der Waals surface area contributed by atoms with Gasteiger partial charge in [0, 0.05) is 18.2 Å². The van der Waals surface area contributed by atoms with Crippen LogP contribution in [0.5, 0.6) is 0 Å². The average molecular weight is 304 g/mol. The Bertz CT molecular complexity index is 557. The van der Waals surface area contributed by atoms with E-state index in [1.807, 2.05) is 26.0 Å². The molecule has 2 atom stereocenters. The van der Waals surface area contributed by atoms with Crippen LogP contribution in [0.2, 0.25) is 0 Å². The summed E-state index contributed by atoms with van der Waals surface area (Å²) in [5, 5.41) is 15.1. The zero-order valence-electron chi connectivity index (χ0n) is 13.2. The van der Waals surface area contributed by atoms with Crippen molar-refractivity contribution < 1.29 is 14.7 Å². The normalized spacial score (nSPS) is 21.2. The van der Waals surface area contributed by atoms with Crippen LogP contribution in [0.15, 0.2) is 18.2 Å². The topological polar surface area (TPSA) is 78.4 Å². The van der Waals surface area contributed by atoms with E-state index in [9.17, 15) is 14.7 Å². The molecule has 0 radical (unpaired) electrons. The lowest BCUT2D eigenvalue weighted by Gasteiger charge is -2.27. The van der Waals surface area contributed by atoms with Gasteiger partial charge in [-0.3, -0.25) is 9.59 Å². The Morgan fingerprint density at radius 2 is 1.91 bits per heavy atom. The minimum atomic E-state index is -0.668. The maximum absolute atomic E-state index is 11.9. The monoisotopic (exact) mass is 304 g/mol. The number of rotatable bonds is 3. The Hall–Kier alpha value is -1.88. The summed E-state index contributed by atoms with van der Waals surface area (Å²) in [6, 6.07) is 5.57. The number of aliphatic hydroxyl groups is 1. The van der Waals surface area contributed by atoms with Crippen LogP contribution in [0, 0.1) is 19.8 Å². The molecular weight excluding hydrogens is 280 g/mol. The number of benzene rings is 1. The summed E-state index contributed by atoms with van der Waals surface area (Å²) >= 11 is 0. The Labute approximate surface area is 131 Å². The second kappa shape index (κ2) is 7.40. The van der Waals surface area contributed by atoms with Gasteiger partial charge in [0.15, 0.2) is 0 Å². The fourth-order valence-corrected chi connectivity index (χ4v) is 2.80. The zero-order chi connectivity index (χ0) is 16.1. The fraction of sp³-hybridized carbons (Fsp3) is 0.529. The molecule has 0 bridgehead atoms. The Kier molecular flexibility index (Phi) is 5.55. The van der Waals surface area contributed by atoms with E-state index in [-0.39, 0.29) is 12.0 Å². The molecule has 1 fully saturated rings. The van der Waals surface area contributed by atoms with E-state index in [0.29, 0.717) is 12.2 Å². The summed E-state index contributed by atoms with van der Waals surface area (Å²) in [6.45, 7) is 4.21. The molecule has 3 N–H and O–H groups in total. The van der Waals surface area contributed by atoms with Gasteiger partial charge in [0.1, 0.15) is 0 Å². The number of aryl methyl sites for hydroxylation is 1. The third-order valence-electron chi connectivity index (χ3n) is 4.45. The molecule has 1 aromatic rings. The minimum absolute atomic E-state index is 0.0474. The van der Waals surface area contributed by atoms with Crippen LogP contribution < -0.4 is 10.6 Å². The third kappa shape index (κ3) is 4.07. The molecule has 1 saturated carbocycles. The van der Waals surface area contributed by atoms with Crippen molar-refractivity contribution >= 4 is 17.5 Å². The first kappa shape index (κ1) is 16.5. The Morgan fingerprint density at radius 1 is 1.18 bits per heavy atom. The molecule has 2 amide bonds. The summed E-state index contributed by atoms with van der Waals surface area (Å²) in [5.74, 6) is -1.27. The van der Waals surface area contributed by atoms with Gasteiger partial charge in [0.2, 0.25) is 0 Å². The molecule has 0 saturated heterocycles. The predicted molar refractivity (Wildman–Crippen MR) is 85.5 cm³/mol. The molecule has 0 heterocycles. The molecule has 0 spiro atoms. The van der Waals surface area contributed by atoms with E-state index in [4.69, 9.17) is 0 Å². The molecule has 0 unspecified atom stereocenters. The van der Waals surface area contributed by atoms with Crippen molar-refractivity contribution in [3.05, 3.63) is 29.3 Å². The first-order valence-electron chi connectivity index (χ1n) is 7.82. The van der Waals surface area contributed by atoms with Gasteiger partial charge in [-0.25, -0.2) is 0 Å². The van der Waals surface area contributed by atoms with E-state index < -0.39 is 11.8 Å². The molecule has 0 aromatic heterocycles. The molecule has 120 valence electrons. The Morgan fingerprint density at radius 3 is 2.64 bits per heavy atom. The van der Waals surface area contributed by atoms with Crippen LogP contribution >= 0.6 is 0 Å². The van der Waals surface area contributed by atoms with Crippen LogP contribution in [-0.2, 0) is 9.59 Å². The lowest BCUT2D eigenvalue weighted by Crippen LogP contribution is -2.41. The SMILES string of the molecule is Cc1cccc(NC(=O)C(=O)NC[C@H]2CCCC[C@H]2O)c1C. The zero-order valence-corrected chi connectivity index (χ0v) is 13.2. The molecule has 5 nitrogen and oxygen atoms in total. The van der Waals surface area contributed by atoms with Crippen LogP contribution in [-0.4, -0.2) is 29.6 Å². The third-order valence-corrected chi connectivity index (χ3v) is 4.45. The molecule has 5 heteroatoms. The highest BCUT2D eigenvalue weighted by atomic mass is 16.3. The number of carbonyl (C=O) groups excluding carboxylic acids is 2. The summed E-state index contributed by atoms with van der Waals surface area (Å²) in [7, 11) is 0. The number of amides is 2. The van der Waals surface area contributed by atoms with E-state index in [0.717, 1.165) is 36.8 Å². The number of nitrogens with one attached hydrogen (secondary N) is 2. The average Bonchev–Trinajstić information content (AvgIpc) is 2.50. The minimum Gasteiger partial charge on any atom is -0.393 e. The van der Waals surface area contributed by atoms with Crippen molar-refractivity contribution in [2.75, 3.05) is 11.9 Å². The molecule has 1 aliphatic carbocycles. The maximum atomic E-state index is 11.9. The second-order valence-electron chi connectivity index (χ2n) is 6.02. The van der Waals surface area contributed by atoms with Gasteiger partial charge in [-0.1, -0.05) is 25.0 Å². The maximum Gasteiger partial charge on any atom is 0.313 e. The van der Waals surface area contributed by atoms with Crippen LogP contribution in [0.4, 0.5) is 5.69 Å². The quantitative estimate of drug-likeness (QED) is 0.746. The number of hydrogen-bond donors (Lipinski definition) is 3. The van der Waals surface area contributed by atoms with Crippen LogP contribution in [0.1, 0.15) is 36.8 Å². The van der Waals surface area contributed by atoms with Crippen molar-refractivity contribution in [1.82, 2.24) is 5.32 Å². The molecule has 22 heavy (non-hydrogen) atoms. The molecule has 1 aromatic carbocycles. The standard InChI is InChI=1S/C17H24N2O3/c1-11-6-5-8-14(12(11)2)19-17(22)16(21)18-10-13-7-3-4-9-15(13)20/h5-6,8,13,15,20H,3-4,7,9-10H2,1-2H3,(H,18,21)(H,19,22)/t13-,15-/m1/s1. The summed E-state index contributed by atoms with van der Waals surface area (Å²) in [5.41, 5.74) is 2.66. The summed E-state index contributed by atoms with van der Waals surface area (Å²) in [4.78, 5) is 23.8. The second-order valence-corrected chi connectivity index (χ2v) is 6.02.